The van der Waals surface area contributed by atoms with Crippen molar-refractivity contribution in [2.45, 2.75) is 0 Å². The van der Waals surface area contributed by atoms with Crippen molar-refractivity contribution in [2.24, 2.45) is 64.4 Å². The van der Waals surface area contributed by atoms with E-state index >= 15 is 0 Å². The number of para-hydroxylation sites is 8. The molecule has 0 heterocycles. The highest BCUT2D eigenvalue weighted by molar-refractivity contribution is 6.43. The summed E-state index contributed by atoms with van der Waals surface area (Å²) in [5.41, 5.74) is 41.3. The van der Waals surface area contributed by atoms with Crippen LogP contribution in [0.2, 0.25) is 15.1 Å². The predicted molar refractivity (Wildman–Crippen MR) is 474 cm³/mol. The number of aliphatic imine (C=N–C) groups is 6. The fourth-order valence-corrected chi connectivity index (χ4v) is 11.5. The van der Waals surface area contributed by atoms with Crippen LogP contribution in [0.4, 0.5) is 34.1 Å². The number of phenolic OH excluding ortho intramolecular Hbond substituents is 3. The van der Waals surface area contributed by atoms with Crippen LogP contribution in [0.1, 0.15) is 95.5 Å². The Kier molecular flexibility index (Phi) is 31.9. The third-order valence-electron chi connectivity index (χ3n) is 16.9. The Labute approximate surface area is 693 Å². The summed E-state index contributed by atoms with van der Waals surface area (Å²) >= 11 is 18.0. The van der Waals surface area contributed by atoms with E-state index in [1.165, 1.54) is 31.0 Å². The summed E-state index contributed by atoms with van der Waals surface area (Å²) in [7, 11) is 1.47. The normalized spacial score (nSPS) is 10.8. The van der Waals surface area contributed by atoms with Gasteiger partial charge in [0, 0.05) is 70.1 Å². The number of fused-ring (bicyclic) bond motifs is 2. The van der Waals surface area contributed by atoms with E-state index in [1.807, 2.05) is 72.8 Å². The van der Waals surface area contributed by atoms with Gasteiger partial charge in [0.15, 0.2) is 23.0 Å². The lowest BCUT2D eigenvalue weighted by atomic mass is 10.1. The molecule has 6 amide bonds. The van der Waals surface area contributed by atoms with E-state index in [0.717, 1.165) is 32.8 Å². The first-order valence-electron chi connectivity index (χ1n) is 35.6. The number of amides is 6. The third-order valence-corrected chi connectivity index (χ3v) is 18.0. The summed E-state index contributed by atoms with van der Waals surface area (Å²) in [6, 6.07) is 91.8. The average molecular weight is 1630 g/mol. The molecule has 0 spiro atoms. The van der Waals surface area contributed by atoms with E-state index in [-0.39, 0.29) is 17.2 Å². The van der Waals surface area contributed by atoms with Crippen LogP contribution >= 0.6 is 34.8 Å². The summed E-state index contributed by atoms with van der Waals surface area (Å²) in [4.78, 5) is 93.3. The number of aromatic hydroxyl groups is 3. The molecule has 0 aliphatic heterocycles. The maximum absolute atomic E-state index is 11.4. The number of hydrogen-bond donors (Lipinski definition) is 9. The molecule has 14 aromatic rings. The molecule has 14 aromatic carbocycles. The largest absolute Gasteiger partial charge is 0.504 e. The van der Waals surface area contributed by atoms with Crippen LogP contribution in [0.25, 0.3) is 21.5 Å². The third kappa shape index (κ3) is 24.8. The van der Waals surface area contributed by atoms with Gasteiger partial charge in [-0.2, -0.15) is 0 Å². The molecule has 0 bridgehead atoms. The van der Waals surface area contributed by atoms with Gasteiger partial charge in [-0.05, 0) is 142 Å². The highest BCUT2D eigenvalue weighted by atomic mass is 35.5. The number of nitrogens with two attached hydrogens (primary N) is 6. The maximum atomic E-state index is 11.4. The summed E-state index contributed by atoms with van der Waals surface area (Å²) < 4.78 is 5.01. The van der Waals surface area contributed by atoms with Crippen LogP contribution in [0.5, 0.6) is 23.0 Å². The van der Waals surface area contributed by atoms with E-state index in [9.17, 15) is 44.1 Å². The fraction of sp³-hybridized carbons (Fsp3) is 0.0108. The van der Waals surface area contributed by atoms with Crippen molar-refractivity contribution in [1.82, 2.24) is 0 Å². The zero-order valence-corrected chi connectivity index (χ0v) is 65.2. The maximum Gasteiger partial charge on any atom is 0.250 e. The van der Waals surface area contributed by atoms with Gasteiger partial charge in [-0.3, -0.25) is 58.7 Å². The summed E-state index contributed by atoms with van der Waals surface area (Å²) in [6.45, 7) is 0. The zero-order valence-electron chi connectivity index (χ0n) is 62.9. The standard InChI is InChI=1S/2C18H14N2O.C15H14N2O3.C14H10Cl2N2O.C14H11ClN2O.C14H12N2O3/c19-18(21)16-10-3-4-11-17(16)20-12-14-8-5-7-13-6-1-2-9-15(13)14;19-18(21)16-7-3-4-8-17(16)20-12-13-9-10-14-5-1-2-6-15(14)11-13;1-20-13-8-4-5-10(14(13)18)9-17-12-7-3-2-6-11(12)15(16)19;15-11-6-3-4-9(13(11)16)8-18-12-7-2-1-5-10(12)14(17)19;15-12-7-3-1-5-10(12)9-17-13-8-4-2-6-11(13)14(16)18;15-14(19)10-5-1-2-6-11(10)16-8-9-4-3-7-12(17)13(9)18/h2*1-12H,(H2,19,21);2-9,18H,1H3,(H2,16,19);1-8H,(H2,17,19);1-9H,(H2,16,18);1-8,17-18H,(H2,15,19). The second-order valence-corrected chi connectivity index (χ2v) is 26.0. The van der Waals surface area contributed by atoms with Gasteiger partial charge in [0.2, 0.25) is 0 Å². The summed E-state index contributed by atoms with van der Waals surface area (Å²) in [5.74, 6) is -3.23. The average Bonchev–Trinajstić information content (AvgIpc) is 0.856. The molecule has 14 rings (SSSR count). The molecular formula is C93H75Cl3N12O10. The molecule has 588 valence electrons. The Morgan fingerprint density at radius 3 is 1.04 bits per heavy atom. The summed E-state index contributed by atoms with van der Waals surface area (Å²) in [6.07, 6.45) is 9.49. The van der Waals surface area contributed by atoms with Crippen LogP contribution in [0.15, 0.2) is 339 Å². The van der Waals surface area contributed by atoms with Crippen LogP contribution in [-0.4, -0.2) is 95.2 Å². The minimum atomic E-state index is -0.576. The molecule has 0 saturated heterocycles. The molecule has 0 atom stereocenters. The molecule has 25 heteroatoms. The number of carbonyl (C=O) groups is 6. The predicted octanol–water partition coefficient (Wildman–Crippen LogP) is 18.6. The van der Waals surface area contributed by atoms with E-state index in [1.54, 1.807) is 213 Å². The van der Waals surface area contributed by atoms with E-state index < -0.39 is 35.4 Å². The number of primary amides is 6. The van der Waals surface area contributed by atoms with Crippen molar-refractivity contribution >= 4 is 163 Å². The number of halogens is 3. The van der Waals surface area contributed by atoms with Gasteiger partial charge in [-0.15, -0.1) is 0 Å². The van der Waals surface area contributed by atoms with E-state index in [0.29, 0.717) is 105 Å². The number of ether oxygens (including phenoxy) is 1. The number of phenols is 3. The second-order valence-electron chi connectivity index (χ2n) is 24.8. The highest BCUT2D eigenvalue weighted by Crippen LogP contribution is 2.32. The van der Waals surface area contributed by atoms with Crippen molar-refractivity contribution in [3.63, 3.8) is 0 Å². The number of benzene rings is 14. The number of rotatable bonds is 19. The molecule has 0 saturated carbocycles. The van der Waals surface area contributed by atoms with Crippen molar-refractivity contribution < 1.29 is 48.8 Å². The smallest absolute Gasteiger partial charge is 0.250 e. The van der Waals surface area contributed by atoms with Gasteiger partial charge in [0.25, 0.3) is 35.4 Å². The first-order chi connectivity index (χ1) is 57.0. The molecule has 0 aliphatic rings. The molecule has 22 nitrogen and oxygen atoms in total. The highest BCUT2D eigenvalue weighted by Gasteiger charge is 2.14. The van der Waals surface area contributed by atoms with Gasteiger partial charge in [-0.25, -0.2) is 0 Å². The van der Waals surface area contributed by atoms with Crippen LogP contribution in [0, 0.1) is 0 Å². The van der Waals surface area contributed by atoms with Crippen LogP contribution < -0.4 is 39.1 Å². The summed E-state index contributed by atoms with van der Waals surface area (Å²) in [5, 5.41) is 35.0. The SMILES string of the molecule is COc1cccc(C=Nc2ccccc2C(N)=O)c1O.NC(=O)c1ccccc1N=Cc1ccc2ccccc2c1.NC(=O)c1ccccc1N=Cc1cccc(Cl)c1Cl.NC(=O)c1ccccc1N=Cc1cccc(O)c1O.NC(=O)c1ccccc1N=Cc1cccc2ccccc12.NC(=O)c1ccccc1N=Cc1ccccc1Cl. The Bertz CT molecular complexity index is 6040. The van der Waals surface area contributed by atoms with E-state index in [2.05, 4.69) is 72.4 Å². The molecule has 118 heavy (non-hydrogen) atoms. The lowest BCUT2D eigenvalue weighted by Crippen LogP contribution is -2.10. The molecule has 0 fully saturated rings. The van der Waals surface area contributed by atoms with E-state index in [4.69, 9.17) is 73.9 Å². The zero-order chi connectivity index (χ0) is 84.5. The van der Waals surface area contributed by atoms with Crippen molar-refractivity contribution in [3.05, 3.63) is 391 Å². The Balaban J connectivity index is 0.000000162. The number of hydrogen-bond acceptors (Lipinski definition) is 16. The Morgan fingerprint density at radius 1 is 0.288 bits per heavy atom. The van der Waals surface area contributed by atoms with Gasteiger partial charge in [0.05, 0.1) is 84.7 Å². The quantitative estimate of drug-likeness (QED) is 0.0272. The number of carbonyl (C=O) groups excluding carboxylic acids is 6. The Morgan fingerprint density at radius 2 is 0.593 bits per heavy atom. The minimum absolute atomic E-state index is 0.00435. The topological polar surface area (TPSA) is 403 Å². The monoisotopic (exact) mass is 1620 g/mol. The van der Waals surface area contributed by atoms with Crippen molar-refractivity contribution in [1.29, 1.82) is 0 Å². The van der Waals surface area contributed by atoms with Crippen molar-refractivity contribution in [3.8, 4) is 23.0 Å². The van der Waals surface area contributed by atoms with Crippen LogP contribution in [0.3, 0.4) is 0 Å². The number of methoxy groups -OCH3 is 1. The van der Waals surface area contributed by atoms with Gasteiger partial charge in [0.1, 0.15) is 0 Å². The number of nitrogens with zero attached hydrogens (tertiary/aromatic N) is 6. The molecule has 0 aromatic heterocycles. The van der Waals surface area contributed by atoms with Gasteiger partial charge >= 0.3 is 0 Å². The second kappa shape index (κ2) is 43.5. The Hall–Kier alpha value is -15.5. The molecule has 0 aliphatic carbocycles. The van der Waals surface area contributed by atoms with Gasteiger partial charge < -0.3 is 54.5 Å². The molecule has 15 N–H and O–H groups in total. The lowest BCUT2D eigenvalue weighted by Gasteiger charge is -2.05. The van der Waals surface area contributed by atoms with Gasteiger partial charge in [-0.1, -0.05) is 229 Å². The lowest BCUT2D eigenvalue weighted by molar-refractivity contribution is 0.0992. The van der Waals surface area contributed by atoms with Crippen molar-refractivity contribution in [2.75, 3.05) is 7.11 Å². The van der Waals surface area contributed by atoms with Crippen LogP contribution in [-0.2, 0) is 0 Å². The molecular weight excluding hydrogens is 1550 g/mol. The molecule has 0 unspecified atom stereocenters. The fourth-order valence-electron chi connectivity index (χ4n) is 10.9. The first-order valence-corrected chi connectivity index (χ1v) is 36.7. The molecule has 0 radical (unpaired) electrons. The first kappa shape index (κ1) is 86.5. The minimum Gasteiger partial charge on any atom is -0.504 e.